The number of hydrogen-bond donors (Lipinski definition) is 1. The second-order valence-electron chi connectivity index (χ2n) is 5.17. The molecule has 0 saturated carbocycles. The van der Waals surface area contributed by atoms with Gasteiger partial charge in [0.2, 0.25) is 0 Å². The van der Waals surface area contributed by atoms with Crippen LogP contribution in [0.15, 0.2) is 42.5 Å². The third-order valence-corrected chi connectivity index (χ3v) is 3.97. The second-order valence-corrected chi connectivity index (χ2v) is 5.61. The molecule has 3 nitrogen and oxygen atoms in total. The molecule has 1 unspecified atom stereocenters. The lowest BCUT2D eigenvalue weighted by Crippen LogP contribution is -2.22. The molecule has 0 amide bonds. The Morgan fingerprint density at radius 2 is 1.95 bits per heavy atom. The fourth-order valence-electron chi connectivity index (χ4n) is 2.28. The van der Waals surface area contributed by atoms with E-state index in [0.29, 0.717) is 11.3 Å². The number of hydrogen-bond acceptors (Lipinski definition) is 3. The molecule has 0 radical (unpaired) electrons. The number of nitrogens with two attached hydrogens (primary N) is 1. The van der Waals surface area contributed by atoms with Gasteiger partial charge in [-0.1, -0.05) is 23.7 Å². The smallest absolute Gasteiger partial charge is 0.161 e. The summed E-state index contributed by atoms with van der Waals surface area (Å²) in [4.78, 5) is 13.7. The number of nitrogen functional groups attached to an aromatic ring is 1. The molecule has 0 saturated heterocycles. The van der Waals surface area contributed by atoms with Crippen molar-refractivity contribution in [2.24, 2.45) is 0 Å². The summed E-state index contributed by atoms with van der Waals surface area (Å²) in [5.74, 6) is -0.0295. The van der Waals surface area contributed by atoms with Gasteiger partial charge in [-0.2, -0.15) is 0 Å². The van der Waals surface area contributed by atoms with Crippen LogP contribution in [0.1, 0.15) is 35.8 Å². The van der Waals surface area contributed by atoms with Gasteiger partial charge in [0, 0.05) is 29.0 Å². The van der Waals surface area contributed by atoms with E-state index < -0.39 is 0 Å². The number of benzene rings is 2. The van der Waals surface area contributed by atoms with Crippen molar-refractivity contribution in [2.45, 2.75) is 19.9 Å². The van der Waals surface area contributed by atoms with Gasteiger partial charge >= 0.3 is 0 Å². The Bertz CT molecular complexity index is 670. The van der Waals surface area contributed by atoms with Gasteiger partial charge < -0.3 is 10.6 Å². The van der Waals surface area contributed by atoms with Crippen LogP contribution in [0.3, 0.4) is 0 Å². The largest absolute Gasteiger partial charge is 0.398 e. The van der Waals surface area contributed by atoms with Gasteiger partial charge in [0.05, 0.1) is 6.04 Å². The number of Topliss-reactive ketones (excluding diaryl/α,β-unsaturated/α-hetero) is 1. The number of carbonyl (C=O) groups excluding carboxylic acids is 1. The van der Waals surface area contributed by atoms with Gasteiger partial charge in [0.15, 0.2) is 5.78 Å². The van der Waals surface area contributed by atoms with E-state index in [9.17, 15) is 4.79 Å². The monoisotopic (exact) mass is 302 g/mol. The maximum absolute atomic E-state index is 11.6. The number of ketones is 1. The predicted molar refractivity (Wildman–Crippen MR) is 89.1 cm³/mol. The van der Waals surface area contributed by atoms with Crippen LogP contribution in [0, 0.1) is 0 Å². The van der Waals surface area contributed by atoms with Crippen LogP contribution in [-0.4, -0.2) is 12.8 Å². The van der Waals surface area contributed by atoms with Crippen molar-refractivity contribution in [2.75, 3.05) is 17.7 Å². The van der Waals surface area contributed by atoms with Crippen LogP contribution >= 0.6 is 11.6 Å². The molecule has 0 aliphatic heterocycles. The van der Waals surface area contributed by atoms with Gasteiger partial charge in [-0.3, -0.25) is 4.79 Å². The first-order valence-corrected chi connectivity index (χ1v) is 7.16. The highest BCUT2D eigenvalue weighted by molar-refractivity contribution is 6.30. The van der Waals surface area contributed by atoms with Gasteiger partial charge in [-0.25, -0.2) is 0 Å². The van der Waals surface area contributed by atoms with Crippen molar-refractivity contribution < 1.29 is 4.79 Å². The Balaban J connectivity index is 2.33. The molecule has 2 rings (SSSR count). The Hall–Kier alpha value is -2.00. The minimum atomic E-state index is -0.0295. The molecule has 110 valence electrons. The van der Waals surface area contributed by atoms with Crippen molar-refractivity contribution in [1.29, 1.82) is 0 Å². The molecule has 1 atom stereocenters. The third-order valence-electron chi connectivity index (χ3n) is 3.74. The van der Waals surface area contributed by atoms with Crippen molar-refractivity contribution in [1.82, 2.24) is 0 Å². The average Bonchev–Trinajstić information content (AvgIpc) is 2.46. The molecule has 0 heterocycles. The molecule has 0 aromatic heterocycles. The van der Waals surface area contributed by atoms with Crippen LogP contribution in [0.5, 0.6) is 0 Å². The molecular weight excluding hydrogens is 284 g/mol. The van der Waals surface area contributed by atoms with E-state index in [4.69, 9.17) is 17.3 Å². The van der Waals surface area contributed by atoms with Crippen LogP contribution in [0.4, 0.5) is 11.4 Å². The zero-order valence-corrected chi connectivity index (χ0v) is 13.2. The molecule has 0 fully saturated rings. The molecular formula is C17H19ClN2O. The van der Waals surface area contributed by atoms with Crippen molar-refractivity contribution in [3.63, 3.8) is 0 Å². The van der Waals surface area contributed by atoms with E-state index in [1.54, 1.807) is 6.07 Å². The first kappa shape index (κ1) is 15.4. The summed E-state index contributed by atoms with van der Waals surface area (Å²) in [6.07, 6.45) is 0. The highest BCUT2D eigenvalue weighted by Crippen LogP contribution is 2.29. The van der Waals surface area contributed by atoms with Crippen LogP contribution in [-0.2, 0) is 0 Å². The summed E-state index contributed by atoms with van der Waals surface area (Å²) in [7, 11) is 1.99. The first-order valence-electron chi connectivity index (χ1n) is 6.79. The molecule has 2 aromatic rings. The fourth-order valence-corrected chi connectivity index (χ4v) is 2.48. The third kappa shape index (κ3) is 3.37. The Morgan fingerprint density at radius 3 is 2.57 bits per heavy atom. The van der Waals surface area contributed by atoms with Gasteiger partial charge in [0.1, 0.15) is 0 Å². The highest BCUT2D eigenvalue weighted by atomic mass is 35.5. The molecule has 0 bridgehead atoms. The van der Waals surface area contributed by atoms with Gasteiger partial charge in [0.25, 0.3) is 0 Å². The predicted octanol–water partition coefficient (Wildman–Crippen LogP) is 4.32. The molecule has 2 aromatic carbocycles. The zero-order chi connectivity index (χ0) is 15.6. The number of carbonyl (C=O) groups is 1. The van der Waals surface area contributed by atoms with Gasteiger partial charge in [-0.15, -0.1) is 0 Å². The lowest BCUT2D eigenvalue weighted by atomic mass is 10.0. The maximum Gasteiger partial charge on any atom is 0.161 e. The molecule has 0 spiro atoms. The standard InChI is InChI=1S/C17H19ClN2O/c1-11(13-5-4-6-14(18)9-13)20(3)15-7-8-17(19)16(10-15)12(2)21/h4-11H,19H2,1-3H3. The molecule has 0 aliphatic rings. The summed E-state index contributed by atoms with van der Waals surface area (Å²) >= 11 is 6.05. The van der Waals surface area contributed by atoms with E-state index in [1.807, 2.05) is 43.4 Å². The topological polar surface area (TPSA) is 46.3 Å². The normalized spacial score (nSPS) is 12.0. The summed E-state index contributed by atoms with van der Waals surface area (Å²) in [5, 5.41) is 0.717. The van der Waals surface area contributed by atoms with Crippen LogP contribution < -0.4 is 10.6 Å². The lowest BCUT2D eigenvalue weighted by Gasteiger charge is -2.28. The van der Waals surface area contributed by atoms with Crippen molar-refractivity contribution >= 4 is 28.8 Å². The van der Waals surface area contributed by atoms with Crippen molar-refractivity contribution in [3.8, 4) is 0 Å². The summed E-state index contributed by atoms with van der Waals surface area (Å²) in [5.41, 5.74) is 8.97. The number of halogens is 1. The summed E-state index contributed by atoms with van der Waals surface area (Å²) in [6.45, 7) is 3.62. The van der Waals surface area contributed by atoms with Gasteiger partial charge in [-0.05, 0) is 49.7 Å². The average molecular weight is 303 g/mol. The van der Waals surface area contributed by atoms with Crippen LogP contribution in [0.2, 0.25) is 5.02 Å². The molecule has 21 heavy (non-hydrogen) atoms. The quantitative estimate of drug-likeness (QED) is 0.675. The number of nitrogens with zero attached hydrogens (tertiary/aromatic N) is 1. The Kier molecular flexibility index (Phi) is 4.53. The summed E-state index contributed by atoms with van der Waals surface area (Å²) in [6, 6.07) is 13.4. The lowest BCUT2D eigenvalue weighted by molar-refractivity contribution is 0.101. The van der Waals surface area contributed by atoms with E-state index in [-0.39, 0.29) is 11.8 Å². The van der Waals surface area contributed by atoms with E-state index >= 15 is 0 Å². The summed E-state index contributed by atoms with van der Waals surface area (Å²) < 4.78 is 0. The molecule has 2 N–H and O–H groups in total. The minimum absolute atomic E-state index is 0.0295. The van der Waals surface area contributed by atoms with E-state index in [2.05, 4.69) is 11.8 Å². The SMILES string of the molecule is CC(=O)c1cc(N(C)C(C)c2cccc(Cl)c2)ccc1N. The highest BCUT2D eigenvalue weighted by Gasteiger charge is 2.15. The first-order chi connectivity index (χ1) is 9.90. The minimum Gasteiger partial charge on any atom is -0.398 e. The second kappa shape index (κ2) is 6.19. The number of rotatable bonds is 4. The van der Waals surface area contributed by atoms with Crippen molar-refractivity contribution in [3.05, 3.63) is 58.6 Å². The van der Waals surface area contributed by atoms with E-state index in [0.717, 1.165) is 16.3 Å². The maximum atomic E-state index is 11.6. The Morgan fingerprint density at radius 1 is 1.24 bits per heavy atom. The van der Waals surface area contributed by atoms with Crippen LogP contribution in [0.25, 0.3) is 0 Å². The number of anilines is 2. The molecule has 0 aliphatic carbocycles. The Labute approximate surface area is 130 Å². The molecule has 4 heteroatoms. The fraction of sp³-hybridized carbons (Fsp3) is 0.235. The van der Waals surface area contributed by atoms with E-state index in [1.165, 1.54) is 6.92 Å². The zero-order valence-electron chi connectivity index (χ0n) is 12.4.